The first kappa shape index (κ1) is 39.8. The van der Waals surface area contributed by atoms with Crippen molar-refractivity contribution in [1.82, 2.24) is 15.6 Å². The third-order valence-electron chi connectivity index (χ3n) is 11.5. The summed E-state index contributed by atoms with van der Waals surface area (Å²) >= 11 is 0. The van der Waals surface area contributed by atoms with Gasteiger partial charge in [0.05, 0.1) is 35.5 Å². The number of carbonyl (C=O) groups excluding carboxylic acids is 5. The van der Waals surface area contributed by atoms with Crippen molar-refractivity contribution >= 4 is 29.0 Å². The number of Topliss-reactive ketones (excluding diaryl/α,β-unsaturated/α-hetero) is 3. The molecule has 4 aliphatic rings. The maximum absolute atomic E-state index is 14.9. The lowest BCUT2D eigenvalue weighted by Crippen LogP contribution is -2.73. The molecule has 7 N–H and O–H groups in total. The van der Waals surface area contributed by atoms with Crippen LogP contribution in [0, 0.1) is 6.92 Å². The number of fused-ring (bicyclic) bond motifs is 5. The molecule has 57 heavy (non-hydrogen) atoms. The summed E-state index contributed by atoms with van der Waals surface area (Å²) in [5, 5.41) is 64.1. The number of nitrogens with zero attached hydrogens (tertiary/aromatic N) is 1. The molecule has 0 radical (unpaired) electrons. The van der Waals surface area contributed by atoms with Crippen LogP contribution >= 0.6 is 0 Å². The van der Waals surface area contributed by atoms with Gasteiger partial charge in [0.2, 0.25) is 23.3 Å². The molecule has 1 aromatic heterocycles. The number of benzene rings is 2. The minimum absolute atomic E-state index is 0.00349. The van der Waals surface area contributed by atoms with Gasteiger partial charge in [-0.1, -0.05) is 12.1 Å². The summed E-state index contributed by atoms with van der Waals surface area (Å²) in [7, 11) is 3.62. The molecule has 1 saturated heterocycles. The number of amides is 1. The van der Waals surface area contributed by atoms with Crippen LogP contribution in [0.1, 0.15) is 76.2 Å². The Labute approximate surface area is 325 Å². The molecule has 0 bridgehead atoms. The van der Waals surface area contributed by atoms with E-state index in [4.69, 9.17) is 18.9 Å². The van der Waals surface area contributed by atoms with Crippen LogP contribution in [0.3, 0.4) is 0 Å². The number of hydrogen-bond acceptors (Lipinski definition) is 16. The summed E-state index contributed by atoms with van der Waals surface area (Å²) in [6.07, 6.45) is -3.79. The van der Waals surface area contributed by atoms with E-state index in [1.807, 2.05) is 0 Å². The highest BCUT2D eigenvalue weighted by molar-refractivity contribution is 6.30. The molecular weight excluding hydrogens is 746 g/mol. The monoisotopic (exact) mass is 787 g/mol. The van der Waals surface area contributed by atoms with Crippen molar-refractivity contribution in [3.05, 3.63) is 98.5 Å². The van der Waals surface area contributed by atoms with Crippen molar-refractivity contribution in [2.24, 2.45) is 0 Å². The molecule has 3 aromatic rings. The Kier molecular flexibility index (Phi) is 10.1. The van der Waals surface area contributed by atoms with Gasteiger partial charge >= 0.3 is 0 Å². The molecule has 3 aliphatic carbocycles. The highest BCUT2D eigenvalue weighted by Gasteiger charge is 2.72. The average molecular weight is 788 g/mol. The average Bonchev–Trinajstić information content (AvgIpc) is 3.17. The zero-order chi connectivity index (χ0) is 41.3. The fourth-order valence-corrected chi connectivity index (χ4v) is 8.68. The van der Waals surface area contributed by atoms with Gasteiger partial charge in [0.15, 0.2) is 23.2 Å². The third kappa shape index (κ3) is 5.80. The van der Waals surface area contributed by atoms with Crippen LogP contribution in [0.25, 0.3) is 0 Å². The van der Waals surface area contributed by atoms with Gasteiger partial charge in [-0.2, -0.15) is 0 Å². The van der Waals surface area contributed by atoms with Crippen molar-refractivity contribution in [2.75, 3.05) is 21.3 Å². The fraction of sp³-hybridized carbons (Fsp3) is 0.400. The zero-order valence-electron chi connectivity index (χ0n) is 31.5. The standard InChI is InChI=1S/C40H41N3O14/c1-16-9-19-10-25(45)40(56-5)37(52)28-22(36(51)39(40,53)29(19)31(48)20(16)12-26(46)42-15-18-7-6-8-41-14-18)11-21-27(32(28)49)24(44)13-23(30(21)47)43-38-35(55-4)33(50)34(54-3)17(2)57-38/h6-9,11,13-14,17,25,33-35,38,43,45,48-50,53H,10,12,15H2,1-5H3,(H,42,46)/t17-,25+,33+,34-,35+,38?,39-,40+/m0/s1. The highest BCUT2D eigenvalue weighted by Crippen LogP contribution is 2.56. The van der Waals surface area contributed by atoms with Crippen molar-refractivity contribution in [3.8, 4) is 11.5 Å². The summed E-state index contributed by atoms with van der Waals surface area (Å²) in [6.45, 7) is 3.31. The summed E-state index contributed by atoms with van der Waals surface area (Å²) in [6, 6.07) is 5.79. The molecule has 1 fully saturated rings. The lowest BCUT2D eigenvalue weighted by Gasteiger charge is -2.53. The molecule has 0 saturated carbocycles. The number of aryl methyl sites for hydroxylation is 1. The predicted molar refractivity (Wildman–Crippen MR) is 195 cm³/mol. The van der Waals surface area contributed by atoms with Crippen molar-refractivity contribution in [3.63, 3.8) is 0 Å². The molecule has 8 atom stereocenters. The Hall–Kier alpha value is -5.40. The smallest absolute Gasteiger partial charge is 0.224 e. The number of phenols is 2. The van der Waals surface area contributed by atoms with Crippen molar-refractivity contribution in [2.45, 2.75) is 81.2 Å². The van der Waals surface area contributed by atoms with Gasteiger partial charge in [-0.25, -0.2) is 0 Å². The molecule has 2 heterocycles. The SMILES string of the molecule is CO[C@@H]1[C@@H](O)[C@@H](OC)C(NC2=CC(=O)c3c(cc4c(c3O)C(=O)[C@]3(OC)[C@H](O)Cc5cc(C)c(CC(=O)NCc6cccnc6)c(O)c5[C@]3(O)C4=O)C2=O)O[C@H]1C. The van der Waals surface area contributed by atoms with E-state index >= 15 is 0 Å². The maximum atomic E-state index is 14.9. The number of methoxy groups -OCH3 is 3. The number of hydrogen-bond donors (Lipinski definition) is 7. The first-order valence-corrected chi connectivity index (χ1v) is 18.0. The van der Waals surface area contributed by atoms with E-state index in [-0.39, 0.29) is 23.4 Å². The number of carbonyl (C=O) groups is 5. The van der Waals surface area contributed by atoms with Crippen LogP contribution in [-0.4, -0.2) is 123 Å². The van der Waals surface area contributed by atoms with Crippen LogP contribution in [0.4, 0.5) is 0 Å². The number of allylic oxidation sites excluding steroid dienone is 2. The van der Waals surface area contributed by atoms with Gasteiger partial charge < -0.3 is 55.1 Å². The third-order valence-corrected chi connectivity index (χ3v) is 11.5. The van der Waals surface area contributed by atoms with E-state index in [1.54, 1.807) is 38.4 Å². The van der Waals surface area contributed by atoms with Crippen LogP contribution in [0.5, 0.6) is 11.5 Å². The summed E-state index contributed by atoms with van der Waals surface area (Å²) in [5.74, 6) is -6.87. The van der Waals surface area contributed by atoms with Crippen LogP contribution in [0.2, 0.25) is 0 Å². The lowest BCUT2D eigenvalue weighted by molar-refractivity contribution is -0.236. The Bertz CT molecular complexity index is 2260. The normalized spacial score (nSPS) is 29.2. The number of ketones is 4. The van der Waals surface area contributed by atoms with Crippen LogP contribution in [0.15, 0.2) is 48.4 Å². The Morgan fingerprint density at radius 1 is 1.00 bits per heavy atom. The zero-order valence-corrected chi connectivity index (χ0v) is 31.5. The molecule has 0 spiro atoms. The second kappa shape index (κ2) is 14.5. The molecule has 1 unspecified atom stereocenters. The quantitative estimate of drug-likeness (QED) is 0.153. The molecular formula is C40H41N3O14. The number of nitrogens with one attached hydrogen (secondary N) is 2. The van der Waals surface area contributed by atoms with E-state index in [0.717, 1.165) is 19.3 Å². The Morgan fingerprint density at radius 2 is 1.72 bits per heavy atom. The van der Waals surface area contributed by atoms with Gasteiger partial charge in [-0.05, 0) is 42.7 Å². The summed E-state index contributed by atoms with van der Waals surface area (Å²) in [4.78, 5) is 74.4. The maximum Gasteiger partial charge on any atom is 0.224 e. The molecule has 300 valence electrons. The number of aromatic nitrogens is 1. The van der Waals surface area contributed by atoms with Gasteiger partial charge in [-0.15, -0.1) is 0 Å². The molecule has 2 aromatic carbocycles. The minimum Gasteiger partial charge on any atom is -0.507 e. The van der Waals surface area contributed by atoms with E-state index < -0.39 is 129 Å². The molecule has 7 rings (SSSR count). The first-order chi connectivity index (χ1) is 27.1. The predicted octanol–water partition coefficient (Wildman–Crippen LogP) is 0.217. The summed E-state index contributed by atoms with van der Waals surface area (Å²) < 4.78 is 22.2. The number of phenolic OH excluding ortho intramolecular Hbond substituents is 2. The number of pyridine rings is 1. The highest BCUT2D eigenvalue weighted by atomic mass is 16.6. The second-order valence-corrected chi connectivity index (χ2v) is 14.5. The first-order valence-electron chi connectivity index (χ1n) is 18.0. The van der Waals surface area contributed by atoms with E-state index in [0.29, 0.717) is 11.1 Å². The van der Waals surface area contributed by atoms with Gasteiger partial charge in [-0.3, -0.25) is 29.0 Å². The summed E-state index contributed by atoms with van der Waals surface area (Å²) in [5.41, 5.74) is -8.47. The van der Waals surface area contributed by atoms with Crippen molar-refractivity contribution in [1.29, 1.82) is 0 Å². The Balaban J connectivity index is 1.30. The molecule has 17 heteroatoms. The number of aromatic hydroxyl groups is 2. The van der Waals surface area contributed by atoms with Crippen LogP contribution < -0.4 is 10.6 Å². The van der Waals surface area contributed by atoms with E-state index in [1.165, 1.54) is 20.3 Å². The number of aliphatic hydroxyl groups excluding tert-OH is 2. The number of ether oxygens (including phenoxy) is 4. The topological polar surface area (TPSA) is 260 Å². The van der Waals surface area contributed by atoms with Gasteiger partial charge in [0.1, 0.15) is 29.8 Å². The van der Waals surface area contributed by atoms with Crippen LogP contribution in [-0.2, 0) is 48.7 Å². The fourth-order valence-electron chi connectivity index (χ4n) is 8.68. The van der Waals surface area contributed by atoms with Gasteiger partial charge in [0, 0.05) is 75.0 Å². The van der Waals surface area contributed by atoms with Gasteiger partial charge in [0.25, 0.3) is 0 Å². The lowest BCUT2D eigenvalue weighted by atomic mass is 9.56. The second-order valence-electron chi connectivity index (χ2n) is 14.5. The molecule has 17 nitrogen and oxygen atoms in total. The van der Waals surface area contributed by atoms with E-state index in [9.17, 15) is 49.5 Å². The number of aliphatic hydroxyl groups is 3. The number of rotatable bonds is 9. The minimum atomic E-state index is -3.19. The van der Waals surface area contributed by atoms with E-state index in [2.05, 4.69) is 15.6 Å². The largest absolute Gasteiger partial charge is 0.507 e. The molecule has 1 aliphatic heterocycles. The van der Waals surface area contributed by atoms with Crippen molar-refractivity contribution < 1.29 is 68.5 Å². The Morgan fingerprint density at radius 3 is 2.37 bits per heavy atom. The molecule has 1 amide bonds.